The molecule has 0 atom stereocenters. The highest BCUT2D eigenvalue weighted by atomic mass is 35.5. The second-order valence-corrected chi connectivity index (χ2v) is 4.21. The quantitative estimate of drug-likeness (QED) is 0.794. The van der Waals surface area contributed by atoms with Gasteiger partial charge in [-0.2, -0.15) is 0 Å². The van der Waals surface area contributed by atoms with E-state index in [0.29, 0.717) is 5.02 Å². The predicted molar refractivity (Wildman–Crippen MR) is 71.5 cm³/mol. The maximum absolute atomic E-state index is 9.28. The molecule has 0 saturated carbocycles. The third-order valence-electron chi connectivity index (χ3n) is 2.37. The monoisotopic (exact) mass is 245 g/mol. The van der Waals surface area contributed by atoms with Crippen molar-refractivity contribution in [1.29, 1.82) is 0 Å². The number of phenols is 1. The van der Waals surface area contributed by atoms with Crippen molar-refractivity contribution >= 4 is 23.5 Å². The number of hydrogen-bond donors (Lipinski definition) is 1. The summed E-state index contributed by atoms with van der Waals surface area (Å²) in [6.45, 7) is 2.03. The first-order chi connectivity index (χ1) is 8.15. The van der Waals surface area contributed by atoms with Gasteiger partial charge in [-0.1, -0.05) is 29.3 Å². The maximum Gasteiger partial charge on any atom is 0.134 e. The van der Waals surface area contributed by atoms with Crippen molar-refractivity contribution in [3.05, 3.63) is 58.6 Å². The summed E-state index contributed by atoms with van der Waals surface area (Å²) in [4.78, 5) is 4.32. The molecule has 0 spiro atoms. The van der Waals surface area contributed by atoms with Gasteiger partial charge in [-0.3, -0.25) is 4.99 Å². The number of rotatable bonds is 2. The highest BCUT2D eigenvalue weighted by Crippen LogP contribution is 2.23. The zero-order valence-electron chi connectivity index (χ0n) is 9.39. The van der Waals surface area contributed by atoms with E-state index >= 15 is 0 Å². The lowest BCUT2D eigenvalue weighted by molar-refractivity contribution is 0.475. The largest absolute Gasteiger partial charge is 0.506 e. The summed E-state index contributed by atoms with van der Waals surface area (Å²) >= 11 is 5.80. The van der Waals surface area contributed by atoms with E-state index in [9.17, 15) is 5.11 Å². The van der Waals surface area contributed by atoms with Crippen molar-refractivity contribution in [2.24, 2.45) is 4.99 Å². The molecule has 0 heterocycles. The van der Waals surface area contributed by atoms with Gasteiger partial charge in [-0.25, -0.2) is 0 Å². The number of hydrogen-bond acceptors (Lipinski definition) is 2. The van der Waals surface area contributed by atoms with Crippen molar-refractivity contribution in [3.8, 4) is 5.75 Å². The number of nitrogens with zero attached hydrogens (tertiary/aromatic N) is 1. The van der Waals surface area contributed by atoms with Gasteiger partial charge in [-0.05, 0) is 42.8 Å². The normalized spacial score (nSPS) is 10.9. The van der Waals surface area contributed by atoms with Crippen molar-refractivity contribution in [2.75, 3.05) is 0 Å². The lowest BCUT2D eigenvalue weighted by Crippen LogP contribution is -1.80. The second-order valence-electron chi connectivity index (χ2n) is 3.80. The Bertz CT molecular complexity index is 547. The lowest BCUT2D eigenvalue weighted by atomic mass is 10.2. The van der Waals surface area contributed by atoms with Crippen LogP contribution in [0.2, 0.25) is 5.02 Å². The van der Waals surface area contributed by atoms with Crippen LogP contribution in [0.4, 0.5) is 5.69 Å². The third kappa shape index (κ3) is 3.08. The summed E-state index contributed by atoms with van der Waals surface area (Å²) in [7, 11) is 0. The van der Waals surface area contributed by atoms with E-state index in [1.807, 2.05) is 31.2 Å². The summed E-state index contributed by atoms with van der Waals surface area (Å²) in [5, 5.41) is 9.61. The van der Waals surface area contributed by atoms with E-state index in [1.165, 1.54) is 5.56 Å². The molecule has 2 aromatic carbocycles. The first-order valence-corrected chi connectivity index (χ1v) is 5.62. The van der Waals surface area contributed by atoms with Crippen LogP contribution < -0.4 is 0 Å². The molecule has 2 nitrogen and oxygen atoms in total. The molecule has 17 heavy (non-hydrogen) atoms. The van der Waals surface area contributed by atoms with Gasteiger partial charge in [0.25, 0.3) is 0 Å². The predicted octanol–water partition coefficient (Wildman–Crippen LogP) is 4.10. The summed E-state index contributed by atoms with van der Waals surface area (Å²) in [5.74, 6) is 0.0825. The number of halogens is 1. The fourth-order valence-corrected chi connectivity index (χ4v) is 1.57. The van der Waals surface area contributed by atoms with E-state index in [2.05, 4.69) is 4.99 Å². The first-order valence-electron chi connectivity index (χ1n) is 5.24. The molecule has 1 N–H and O–H groups in total. The van der Waals surface area contributed by atoms with Gasteiger partial charge in [0.2, 0.25) is 0 Å². The highest BCUT2D eigenvalue weighted by molar-refractivity contribution is 6.32. The molecule has 0 aliphatic carbocycles. The molecule has 0 saturated heterocycles. The Balaban J connectivity index is 2.20. The zero-order chi connectivity index (χ0) is 12.3. The molecule has 0 unspecified atom stereocenters. The van der Waals surface area contributed by atoms with Gasteiger partial charge in [0.1, 0.15) is 5.75 Å². The van der Waals surface area contributed by atoms with Crippen molar-refractivity contribution < 1.29 is 5.11 Å². The first kappa shape index (κ1) is 11.7. The van der Waals surface area contributed by atoms with E-state index < -0.39 is 0 Å². The average molecular weight is 246 g/mol. The standard InChI is InChI=1S/C14H12ClNO/c1-10-2-5-12(6-3-10)16-9-11-4-7-14(17)13(15)8-11/h2-9,17H,1H3. The topological polar surface area (TPSA) is 32.6 Å². The van der Waals surface area contributed by atoms with Crippen molar-refractivity contribution in [3.63, 3.8) is 0 Å². The third-order valence-corrected chi connectivity index (χ3v) is 2.67. The molecule has 0 aromatic heterocycles. The SMILES string of the molecule is Cc1ccc(N=Cc2ccc(O)c(Cl)c2)cc1. The molecule has 0 amide bonds. The van der Waals surface area contributed by atoms with Gasteiger partial charge in [0.15, 0.2) is 0 Å². The number of aliphatic imine (C=N–C) groups is 1. The van der Waals surface area contributed by atoms with Gasteiger partial charge in [0, 0.05) is 6.21 Å². The van der Waals surface area contributed by atoms with E-state index in [-0.39, 0.29) is 5.75 Å². The molecule has 0 radical (unpaired) electrons. The number of benzene rings is 2. The van der Waals surface area contributed by atoms with Crippen LogP contribution in [-0.4, -0.2) is 11.3 Å². The number of aryl methyl sites for hydroxylation is 1. The fraction of sp³-hybridized carbons (Fsp3) is 0.0714. The molecule has 2 rings (SSSR count). The van der Waals surface area contributed by atoms with E-state index in [4.69, 9.17) is 11.6 Å². The minimum Gasteiger partial charge on any atom is -0.506 e. The number of phenolic OH excluding ortho intramolecular Hbond substituents is 1. The van der Waals surface area contributed by atoms with E-state index in [0.717, 1.165) is 11.3 Å². The molecule has 0 fully saturated rings. The Morgan fingerprint density at radius 1 is 1.12 bits per heavy atom. The molecule has 3 heteroatoms. The molecule has 2 aromatic rings. The van der Waals surface area contributed by atoms with Crippen LogP contribution >= 0.6 is 11.6 Å². The molecule has 86 valence electrons. The van der Waals surface area contributed by atoms with Gasteiger partial charge < -0.3 is 5.11 Å². The Hall–Kier alpha value is -1.80. The summed E-state index contributed by atoms with van der Waals surface area (Å²) in [6, 6.07) is 12.9. The average Bonchev–Trinajstić information content (AvgIpc) is 2.33. The smallest absolute Gasteiger partial charge is 0.134 e. The molecule has 0 bridgehead atoms. The molecular formula is C14H12ClNO. The highest BCUT2D eigenvalue weighted by Gasteiger charge is 1.97. The van der Waals surface area contributed by atoms with E-state index in [1.54, 1.807) is 24.4 Å². The minimum absolute atomic E-state index is 0.0825. The van der Waals surface area contributed by atoms with Gasteiger partial charge >= 0.3 is 0 Å². The zero-order valence-corrected chi connectivity index (χ0v) is 10.1. The van der Waals surface area contributed by atoms with Crippen LogP contribution in [0.5, 0.6) is 5.75 Å². The van der Waals surface area contributed by atoms with Crippen LogP contribution in [0.15, 0.2) is 47.5 Å². The Morgan fingerprint density at radius 3 is 2.47 bits per heavy atom. The Kier molecular flexibility index (Phi) is 3.45. The Morgan fingerprint density at radius 2 is 1.82 bits per heavy atom. The van der Waals surface area contributed by atoms with Gasteiger partial charge in [-0.15, -0.1) is 0 Å². The van der Waals surface area contributed by atoms with Gasteiger partial charge in [0.05, 0.1) is 10.7 Å². The minimum atomic E-state index is 0.0825. The summed E-state index contributed by atoms with van der Waals surface area (Å²) in [6.07, 6.45) is 1.72. The fourth-order valence-electron chi connectivity index (χ4n) is 1.38. The van der Waals surface area contributed by atoms with Crippen LogP contribution in [0.25, 0.3) is 0 Å². The van der Waals surface area contributed by atoms with Crippen molar-refractivity contribution in [2.45, 2.75) is 6.92 Å². The van der Waals surface area contributed by atoms with Crippen LogP contribution in [0.1, 0.15) is 11.1 Å². The van der Waals surface area contributed by atoms with Crippen molar-refractivity contribution in [1.82, 2.24) is 0 Å². The lowest BCUT2D eigenvalue weighted by Gasteiger charge is -1.98. The molecule has 0 aliphatic heterocycles. The summed E-state index contributed by atoms with van der Waals surface area (Å²) in [5.41, 5.74) is 2.95. The Labute approximate surface area is 105 Å². The van der Waals surface area contributed by atoms with Crippen LogP contribution in [-0.2, 0) is 0 Å². The molecular weight excluding hydrogens is 234 g/mol. The second kappa shape index (κ2) is 5.02. The molecule has 0 aliphatic rings. The summed E-state index contributed by atoms with van der Waals surface area (Å²) < 4.78 is 0. The van der Waals surface area contributed by atoms with Crippen LogP contribution in [0.3, 0.4) is 0 Å². The van der Waals surface area contributed by atoms with Crippen LogP contribution in [0, 0.1) is 6.92 Å². The number of aromatic hydroxyl groups is 1. The maximum atomic E-state index is 9.28.